The van der Waals surface area contributed by atoms with Gasteiger partial charge in [0.15, 0.2) is 0 Å². The number of carbonyl (C=O) groups is 4. The number of nitrogens with one attached hydrogen (secondary N) is 2. The molecule has 9 nitrogen and oxygen atoms in total. The Labute approximate surface area is 128 Å². The largest absolute Gasteiger partial charge is 0.480 e. The third kappa shape index (κ3) is 8.08. The zero-order valence-electron chi connectivity index (χ0n) is 13.3. The maximum absolute atomic E-state index is 11.8. The van der Waals surface area contributed by atoms with Crippen LogP contribution in [0.3, 0.4) is 0 Å². The normalized spacial score (nSPS) is 13.5. The van der Waals surface area contributed by atoms with Crippen LogP contribution in [-0.4, -0.2) is 53.8 Å². The van der Waals surface area contributed by atoms with Gasteiger partial charge in [0.1, 0.15) is 17.7 Å². The Hall–Kier alpha value is -2.32. The summed E-state index contributed by atoms with van der Waals surface area (Å²) in [5.74, 6) is -2.93. The minimum absolute atomic E-state index is 0.517. The molecule has 0 aliphatic heterocycles. The van der Waals surface area contributed by atoms with Crippen LogP contribution in [0.4, 0.5) is 4.79 Å². The van der Waals surface area contributed by atoms with Crippen molar-refractivity contribution in [2.75, 3.05) is 7.11 Å². The fraction of sp³-hybridized carbons (Fsp3) is 0.692. The fourth-order valence-corrected chi connectivity index (χ4v) is 1.30. The van der Waals surface area contributed by atoms with Crippen LogP contribution in [0.25, 0.3) is 0 Å². The molecule has 126 valence electrons. The van der Waals surface area contributed by atoms with Gasteiger partial charge in [-0.2, -0.15) is 0 Å². The summed E-state index contributed by atoms with van der Waals surface area (Å²) in [6, 6.07) is -2.47. The highest BCUT2D eigenvalue weighted by molar-refractivity contribution is 5.90. The van der Waals surface area contributed by atoms with Crippen LogP contribution >= 0.6 is 0 Å². The second-order valence-corrected chi connectivity index (χ2v) is 5.55. The van der Waals surface area contributed by atoms with E-state index in [-0.39, 0.29) is 0 Å². The molecule has 0 bridgehead atoms. The molecule has 0 aromatic heterocycles. The van der Waals surface area contributed by atoms with Crippen molar-refractivity contribution in [1.29, 1.82) is 0 Å². The van der Waals surface area contributed by atoms with E-state index >= 15 is 0 Å². The number of aliphatic carboxylic acids is 1. The lowest BCUT2D eigenvalue weighted by atomic mass is 10.2. The second-order valence-electron chi connectivity index (χ2n) is 5.55. The van der Waals surface area contributed by atoms with E-state index in [4.69, 9.17) is 9.84 Å². The lowest BCUT2D eigenvalue weighted by Gasteiger charge is -2.22. The molecule has 0 aromatic carbocycles. The van der Waals surface area contributed by atoms with Gasteiger partial charge in [-0.1, -0.05) is 0 Å². The first-order valence-corrected chi connectivity index (χ1v) is 6.55. The molecule has 0 aromatic rings. The molecule has 0 aliphatic rings. The van der Waals surface area contributed by atoms with Crippen LogP contribution in [-0.2, 0) is 23.9 Å². The molecule has 0 unspecified atom stereocenters. The van der Waals surface area contributed by atoms with Gasteiger partial charge in [-0.3, -0.25) is 9.59 Å². The first kappa shape index (κ1) is 19.7. The van der Waals surface area contributed by atoms with E-state index in [1.54, 1.807) is 20.8 Å². The Balaban J connectivity index is 4.57. The van der Waals surface area contributed by atoms with Crippen molar-refractivity contribution >= 4 is 23.9 Å². The zero-order valence-corrected chi connectivity index (χ0v) is 13.3. The number of hydrogen-bond acceptors (Lipinski definition) is 6. The summed E-state index contributed by atoms with van der Waals surface area (Å²) >= 11 is 0. The standard InChI is InChI=1S/C13H22N2O7/c1-7(14-12(20)22-13(2,3)4)10(17)15-8(11(18)19)6-9(16)21-5/h7-8H,6H2,1-5H3,(H,14,20)(H,15,17)(H,18,19)/t7-,8-/m0/s1. The first-order valence-electron chi connectivity index (χ1n) is 6.55. The highest BCUT2D eigenvalue weighted by Gasteiger charge is 2.27. The number of alkyl carbamates (subject to hydrolysis) is 1. The third-order valence-electron chi connectivity index (χ3n) is 2.34. The second kappa shape index (κ2) is 8.20. The Morgan fingerprint density at radius 3 is 2.09 bits per heavy atom. The smallest absolute Gasteiger partial charge is 0.408 e. The minimum Gasteiger partial charge on any atom is -0.480 e. The van der Waals surface area contributed by atoms with Gasteiger partial charge in [0.2, 0.25) is 5.91 Å². The molecule has 3 N–H and O–H groups in total. The van der Waals surface area contributed by atoms with Gasteiger partial charge in [0.05, 0.1) is 13.5 Å². The zero-order chi connectivity index (χ0) is 17.5. The van der Waals surface area contributed by atoms with Crippen molar-refractivity contribution in [2.45, 2.75) is 51.8 Å². The van der Waals surface area contributed by atoms with Gasteiger partial charge in [-0.25, -0.2) is 9.59 Å². The average molecular weight is 318 g/mol. The van der Waals surface area contributed by atoms with Crippen LogP contribution in [0.1, 0.15) is 34.1 Å². The number of methoxy groups -OCH3 is 1. The lowest BCUT2D eigenvalue weighted by Crippen LogP contribution is -2.51. The predicted octanol–water partition coefficient (Wildman–Crippen LogP) is 0.0321. The number of esters is 1. The van der Waals surface area contributed by atoms with E-state index in [1.165, 1.54) is 6.92 Å². The number of carbonyl (C=O) groups excluding carboxylic acids is 3. The van der Waals surface area contributed by atoms with Gasteiger partial charge < -0.3 is 25.2 Å². The first-order chi connectivity index (χ1) is 9.96. The predicted molar refractivity (Wildman–Crippen MR) is 75.0 cm³/mol. The summed E-state index contributed by atoms with van der Waals surface area (Å²) in [5.41, 5.74) is -0.727. The minimum atomic E-state index is -1.44. The molecule has 0 saturated heterocycles. The van der Waals surface area contributed by atoms with E-state index < -0.39 is 48.0 Å². The van der Waals surface area contributed by atoms with E-state index in [2.05, 4.69) is 15.4 Å². The van der Waals surface area contributed by atoms with Crippen molar-refractivity contribution in [2.24, 2.45) is 0 Å². The Morgan fingerprint density at radius 1 is 1.14 bits per heavy atom. The van der Waals surface area contributed by atoms with Crippen molar-refractivity contribution in [3.05, 3.63) is 0 Å². The quantitative estimate of drug-likeness (QED) is 0.589. The third-order valence-corrected chi connectivity index (χ3v) is 2.34. The molecular weight excluding hydrogens is 296 g/mol. The van der Waals surface area contributed by atoms with Crippen LogP contribution in [0.5, 0.6) is 0 Å². The molecule has 2 atom stereocenters. The average Bonchev–Trinajstić information content (AvgIpc) is 2.34. The molecule has 0 spiro atoms. The maximum atomic E-state index is 11.8. The molecule has 0 heterocycles. The Kier molecular flexibility index (Phi) is 7.34. The van der Waals surface area contributed by atoms with Crippen LogP contribution in [0.2, 0.25) is 0 Å². The number of hydrogen-bond donors (Lipinski definition) is 3. The van der Waals surface area contributed by atoms with Crippen molar-refractivity contribution in [1.82, 2.24) is 10.6 Å². The van der Waals surface area contributed by atoms with Gasteiger partial charge in [0, 0.05) is 0 Å². The SMILES string of the molecule is COC(=O)C[C@H](NC(=O)[C@H](C)NC(=O)OC(C)(C)C)C(=O)O. The summed E-state index contributed by atoms with van der Waals surface area (Å²) in [7, 11) is 1.11. The molecule has 22 heavy (non-hydrogen) atoms. The van der Waals surface area contributed by atoms with Crippen LogP contribution in [0, 0.1) is 0 Å². The summed E-state index contributed by atoms with van der Waals surface area (Å²) in [4.78, 5) is 45.4. The molecular formula is C13H22N2O7. The van der Waals surface area contributed by atoms with Crippen molar-refractivity contribution in [3.8, 4) is 0 Å². The van der Waals surface area contributed by atoms with Gasteiger partial charge in [-0.15, -0.1) is 0 Å². The molecule has 0 rings (SSSR count). The van der Waals surface area contributed by atoms with E-state index in [0.717, 1.165) is 7.11 Å². The summed E-state index contributed by atoms with van der Waals surface area (Å²) in [6.07, 6.45) is -1.33. The molecule has 0 radical (unpaired) electrons. The monoisotopic (exact) mass is 318 g/mol. The Morgan fingerprint density at radius 2 is 1.68 bits per heavy atom. The number of ether oxygens (including phenoxy) is 2. The van der Waals surface area contributed by atoms with Gasteiger partial charge >= 0.3 is 18.0 Å². The molecule has 2 amide bonds. The molecule has 0 saturated carbocycles. The fourth-order valence-electron chi connectivity index (χ4n) is 1.30. The van der Waals surface area contributed by atoms with Crippen molar-refractivity contribution in [3.63, 3.8) is 0 Å². The molecule has 9 heteroatoms. The van der Waals surface area contributed by atoms with E-state index in [1.807, 2.05) is 0 Å². The highest BCUT2D eigenvalue weighted by Crippen LogP contribution is 2.06. The van der Waals surface area contributed by atoms with Crippen LogP contribution < -0.4 is 10.6 Å². The van der Waals surface area contributed by atoms with E-state index in [0.29, 0.717) is 0 Å². The van der Waals surface area contributed by atoms with Crippen molar-refractivity contribution < 1.29 is 33.8 Å². The Bertz CT molecular complexity index is 442. The summed E-state index contributed by atoms with van der Waals surface area (Å²) in [5, 5.41) is 13.4. The van der Waals surface area contributed by atoms with E-state index in [9.17, 15) is 19.2 Å². The molecule has 0 aliphatic carbocycles. The van der Waals surface area contributed by atoms with Gasteiger partial charge in [-0.05, 0) is 27.7 Å². The van der Waals surface area contributed by atoms with Gasteiger partial charge in [0.25, 0.3) is 0 Å². The number of rotatable bonds is 6. The topological polar surface area (TPSA) is 131 Å². The molecule has 0 fully saturated rings. The highest BCUT2D eigenvalue weighted by atomic mass is 16.6. The van der Waals surface area contributed by atoms with Crippen LogP contribution in [0.15, 0.2) is 0 Å². The number of carboxylic acid groups (broad SMARTS) is 1. The lowest BCUT2D eigenvalue weighted by molar-refractivity contribution is -0.148. The summed E-state index contributed by atoms with van der Waals surface area (Å²) < 4.78 is 9.32. The summed E-state index contributed by atoms with van der Waals surface area (Å²) in [6.45, 7) is 6.34. The number of carboxylic acids is 1. The number of amides is 2. The maximum Gasteiger partial charge on any atom is 0.408 e.